The Hall–Kier alpha value is -1.46. The zero-order chi connectivity index (χ0) is 15.4. The van der Waals surface area contributed by atoms with Crippen LogP contribution in [0.5, 0.6) is 5.75 Å². The zero-order valence-electron chi connectivity index (χ0n) is 11.6. The van der Waals surface area contributed by atoms with Gasteiger partial charge in [0.1, 0.15) is 24.0 Å². The van der Waals surface area contributed by atoms with Gasteiger partial charge in [-0.15, -0.1) is 0 Å². The van der Waals surface area contributed by atoms with E-state index in [1.165, 1.54) is 18.2 Å². The molecule has 0 aliphatic heterocycles. The summed E-state index contributed by atoms with van der Waals surface area (Å²) in [6, 6.07) is 9.20. The van der Waals surface area contributed by atoms with Crippen molar-refractivity contribution in [2.45, 2.75) is 26.0 Å². The van der Waals surface area contributed by atoms with Gasteiger partial charge in [0.2, 0.25) is 0 Å². The maximum Gasteiger partial charge on any atom is 0.132 e. The fourth-order valence-electron chi connectivity index (χ4n) is 2.02. The Morgan fingerprint density at radius 1 is 1.19 bits per heavy atom. The molecule has 0 aliphatic rings. The third kappa shape index (κ3) is 4.25. The van der Waals surface area contributed by atoms with Crippen LogP contribution in [0.3, 0.4) is 0 Å². The third-order valence-electron chi connectivity index (χ3n) is 3.00. The number of rotatable bonds is 5. The Morgan fingerprint density at radius 3 is 2.48 bits per heavy atom. The molecule has 0 fully saturated rings. The quantitative estimate of drug-likeness (QED) is 0.872. The van der Waals surface area contributed by atoms with Crippen LogP contribution in [-0.4, -0.2) is 6.04 Å². The molecule has 2 aromatic rings. The van der Waals surface area contributed by atoms with Crippen molar-refractivity contribution in [1.29, 1.82) is 0 Å². The highest BCUT2D eigenvalue weighted by Crippen LogP contribution is 2.26. The summed E-state index contributed by atoms with van der Waals surface area (Å²) in [6.07, 6.45) is 0.620. The van der Waals surface area contributed by atoms with E-state index in [1.807, 2.05) is 19.1 Å². The fraction of sp³-hybridized carbons (Fsp3) is 0.250. The van der Waals surface area contributed by atoms with Gasteiger partial charge in [0, 0.05) is 10.5 Å². The minimum Gasteiger partial charge on any atom is -0.488 e. The molecule has 0 aromatic heterocycles. The molecule has 2 rings (SSSR count). The van der Waals surface area contributed by atoms with Crippen molar-refractivity contribution >= 4 is 15.9 Å². The van der Waals surface area contributed by atoms with Crippen LogP contribution in [0.4, 0.5) is 8.78 Å². The summed E-state index contributed by atoms with van der Waals surface area (Å²) in [5.41, 5.74) is 6.63. The monoisotopic (exact) mass is 355 g/mol. The van der Waals surface area contributed by atoms with Crippen molar-refractivity contribution in [3.05, 3.63) is 63.6 Å². The van der Waals surface area contributed by atoms with Crippen LogP contribution in [0.1, 0.15) is 18.1 Å². The average molecular weight is 356 g/mol. The van der Waals surface area contributed by atoms with Crippen LogP contribution in [0.15, 0.2) is 40.9 Å². The van der Waals surface area contributed by atoms with E-state index in [0.29, 0.717) is 12.2 Å². The molecule has 0 spiro atoms. The topological polar surface area (TPSA) is 35.2 Å². The van der Waals surface area contributed by atoms with Gasteiger partial charge in [-0.3, -0.25) is 0 Å². The molecule has 0 radical (unpaired) electrons. The summed E-state index contributed by atoms with van der Waals surface area (Å²) in [7, 11) is 0. The first-order valence-corrected chi connectivity index (χ1v) is 7.36. The van der Waals surface area contributed by atoms with E-state index in [2.05, 4.69) is 15.9 Å². The normalized spacial score (nSPS) is 12.2. The molecule has 0 heterocycles. The molecular weight excluding hydrogens is 340 g/mol. The fourth-order valence-corrected chi connectivity index (χ4v) is 2.42. The lowest BCUT2D eigenvalue weighted by molar-refractivity contribution is 0.289. The van der Waals surface area contributed by atoms with Crippen molar-refractivity contribution < 1.29 is 13.5 Å². The second-order valence-corrected chi connectivity index (χ2v) is 5.84. The number of ether oxygens (including phenoxy) is 1. The first-order valence-electron chi connectivity index (χ1n) is 6.57. The van der Waals surface area contributed by atoms with E-state index < -0.39 is 11.6 Å². The lowest BCUT2D eigenvalue weighted by atomic mass is 10.1. The van der Waals surface area contributed by atoms with Crippen LogP contribution in [0, 0.1) is 11.6 Å². The Bertz CT molecular complexity index is 611. The average Bonchev–Trinajstić information content (AvgIpc) is 2.39. The van der Waals surface area contributed by atoms with Gasteiger partial charge in [-0.1, -0.05) is 22.0 Å². The van der Waals surface area contributed by atoms with Gasteiger partial charge in [0.05, 0.1) is 5.56 Å². The van der Waals surface area contributed by atoms with E-state index >= 15 is 0 Å². The zero-order valence-corrected chi connectivity index (χ0v) is 13.2. The van der Waals surface area contributed by atoms with Gasteiger partial charge in [-0.05, 0) is 49.2 Å². The van der Waals surface area contributed by atoms with Crippen LogP contribution in [-0.2, 0) is 13.0 Å². The molecule has 0 amide bonds. The maximum atomic E-state index is 13.6. The van der Waals surface area contributed by atoms with Crippen LogP contribution in [0.2, 0.25) is 0 Å². The Kier molecular flexibility index (Phi) is 5.31. The lowest BCUT2D eigenvalue weighted by Gasteiger charge is -2.14. The number of nitrogens with two attached hydrogens (primary N) is 1. The molecule has 0 bridgehead atoms. The standard InChI is InChI=1S/C16H16BrF2NO/c1-10(20)7-11-8-12(17)5-6-16(11)21-9-13-14(18)3-2-4-15(13)19/h2-6,8,10H,7,9,20H2,1H3. The highest BCUT2D eigenvalue weighted by atomic mass is 79.9. The SMILES string of the molecule is CC(N)Cc1cc(Br)ccc1OCc1c(F)cccc1F. The van der Waals surface area contributed by atoms with Gasteiger partial charge in [-0.2, -0.15) is 0 Å². The van der Waals surface area contributed by atoms with Gasteiger partial charge in [-0.25, -0.2) is 8.78 Å². The summed E-state index contributed by atoms with van der Waals surface area (Å²) in [4.78, 5) is 0. The summed E-state index contributed by atoms with van der Waals surface area (Å²) < 4.78 is 33.7. The molecule has 0 aliphatic carbocycles. The predicted molar refractivity (Wildman–Crippen MR) is 82.2 cm³/mol. The Balaban J connectivity index is 2.20. The van der Waals surface area contributed by atoms with E-state index in [0.717, 1.165) is 10.0 Å². The maximum absolute atomic E-state index is 13.6. The second-order valence-electron chi connectivity index (χ2n) is 4.92. The molecule has 0 saturated carbocycles. The summed E-state index contributed by atoms with van der Waals surface area (Å²) in [6.45, 7) is 1.73. The van der Waals surface area contributed by atoms with E-state index in [4.69, 9.17) is 10.5 Å². The summed E-state index contributed by atoms with van der Waals surface area (Å²) in [5, 5.41) is 0. The van der Waals surface area contributed by atoms with Gasteiger partial charge in [0.15, 0.2) is 0 Å². The van der Waals surface area contributed by atoms with E-state index in [1.54, 1.807) is 6.07 Å². The lowest BCUT2D eigenvalue weighted by Crippen LogP contribution is -2.18. The number of hydrogen-bond donors (Lipinski definition) is 1. The second kappa shape index (κ2) is 7.00. The molecule has 2 aromatic carbocycles. The number of benzene rings is 2. The van der Waals surface area contributed by atoms with Gasteiger partial charge >= 0.3 is 0 Å². The highest BCUT2D eigenvalue weighted by molar-refractivity contribution is 9.10. The highest BCUT2D eigenvalue weighted by Gasteiger charge is 2.12. The molecule has 0 saturated heterocycles. The van der Waals surface area contributed by atoms with Crippen molar-refractivity contribution in [1.82, 2.24) is 0 Å². The third-order valence-corrected chi connectivity index (χ3v) is 3.49. The van der Waals surface area contributed by atoms with Gasteiger partial charge in [0.25, 0.3) is 0 Å². The Morgan fingerprint density at radius 2 is 1.86 bits per heavy atom. The van der Waals surface area contributed by atoms with E-state index in [9.17, 15) is 8.78 Å². The molecule has 2 nitrogen and oxygen atoms in total. The molecule has 1 unspecified atom stereocenters. The van der Waals surface area contributed by atoms with Crippen molar-refractivity contribution in [3.63, 3.8) is 0 Å². The molecule has 1 atom stereocenters. The molecule has 2 N–H and O–H groups in total. The van der Waals surface area contributed by atoms with Crippen molar-refractivity contribution in [2.75, 3.05) is 0 Å². The largest absolute Gasteiger partial charge is 0.488 e. The van der Waals surface area contributed by atoms with Crippen LogP contribution in [0.25, 0.3) is 0 Å². The van der Waals surface area contributed by atoms with E-state index in [-0.39, 0.29) is 18.2 Å². The van der Waals surface area contributed by atoms with Crippen molar-refractivity contribution in [3.8, 4) is 5.75 Å². The Labute approximate surface area is 131 Å². The molecule has 5 heteroatoms. The van der Waals surface area contributed by atoms with Crippen LogP contribution >= 0.6 is 15.9 Å². The molecule has 112 valence electrons. The smallest absolute Gasteiger partial charge is 0.132 e. The summed E-state index contributed by atoms with van der Waals surface area (Å²) in [5.74, 6) is -0.639. The van der Waals surface area contributed by atoms with Crippen LogP contribution < -0.4 is 10.5 Å². The molecule has 21 heavy (non-hydrogen) atoms. The van der Waals surface area contributed by atoms with Gasteiger partial charge < -0.3 is 10.5 Å². The number of halogens is 3. The first-order chi connectivity index (χ1) is 9.97. The minimum absolute atomic E-state index is 0.0353. The molecular formula is C16H16BrF2NO. The predicted octanol–water partition coefficient (Wildman–Crippen LogP) is 4.20. The summed E-state index contributed by atoms with van der Waals surface area (Å²) >= 11 is 3.39. The van der Waals surface area contributed by atoms with Crippen molar-refractivity contribution in [2.24, 2.45) is 5.73 Å². The first kappa shape index (κ1) is 15.9. The minimum atomic E-state index is -0.610. The number of hydrogen-bond acceptors (Lipinski definition) is 2.